The average Bonchev–Trinajstić information content (AvgIpc) is 2.43. The first-order chi connectivity index (χ1) is 9.69. The van der Waals surface area contributed by atoms with Gasteiger partial charge in [-0.1, -0.05) is 42.3 Å². The lowest BCUT2D eigenvalue weighted by Crippen LogP contribution is -2.13. The van der Waals surface area contributed by atoms with Crippen LogP contribution in [0.5, 0.6) is 11.5 Å². The molecule has 0 heterocycles. The van der Waals surface area contributed by atoms with E-state index in [4.69, 9.17) is 27.9 Å². The summed E-state index contributed by atoms with van der Waals surface area (Å²) >= 11 is 12.0. The number of benzene rings is 2. The summed E-state index contributed by atoms with van der Waals surface area (Å²) in [6.07, 6.45) is 1.12. The molecule has 2 nitrogen and oxygen atoms in total. The van der Waals surface area contributed by atoms with Crippen molar-refractivity contribution in [2.45, 2.75) is 19.9 Å². The summed E-state index contributed by atoms with van der Waals surface area (Å²) in [7, 11) is 0. The van der Waals surface area contributed by atoms with Gasteiger partial charge in [-0.3, -0.25) is 0 Å². The van der Waals surface area contributed by atoms with E-state index in [2.05, 4.69) is 18.3 Å². The van der Waals surface area contributed by atoms with Crippen LogP contribution >= 0.6 is 23.2 Å². The molecule has 1 N–H and O–H groups in total. The molecule has 0 aromatic heterocycles. The Morgan fingerprint density at radius 3 is 2.70 bits per heavy atom. The Bertz CT molecular complexity index is 572. The van der Waals surface area contributed by atoms with Crippen molar-refractivity contribution in [2.24, 2.45) is 0 Å². The Morgan fingerprint density at radius 1 is 1.10 bits per heavy atom. The molecule has 0 aliphatic heterocycles. The summed E-state index contributed by atoms with van der Waals surface area (Å²) < 4.78 is 5.79. The topological polar surface area (TPSA) is 21.3 Å². The van der Waals surface area contributed by atoms with Crippen LogP contribution in [-0.4, -0.2) is 6.54 Å². The SMILES string of the molecule is CCCNCc1cccc(Oc2ccc(Cl)cc2Cl)c1. The zero-order chi connectivity index (χ0) is 14.4. The molecule has 0 atom stereocenters. The minimum absolute atomic E-state index is 0.506. The van der Waals surface area contributed by atoms with E-state index in [9.17, 15) is 0 Å². The molecule has 0 aliphatic carbocycles. The fraction of sp³-hybridized carbons (Fsp3) is 0.250. The van der Waals surface area contributed by atoms with Crippen LogP contribution in [0.1, 0.15) is 18.9 Å². The first kappa shape index (κ1) is 15.2. The second kappa shape index (κ2) is 7.53. The molecule has 2 aromatic rings. The molecule has 0 fully saturated rings. The molecule has 0 saturated carbocycles. The van der Waals surface area contributed by atoms with Crippen LogP contribution in [0.25, 0.3) is 0 Å². The minimum atomic E-state index is 0.506. The lowest BCUT2D eigenvalue weighted by Gasteiger charge is -2.10. The predicted octanol–water partition coefficient (Wildman–Crippen LogP) is 5.29. The standard InChI is InChI=1S/C16H17Cl2NO/c1-2-8-19-11-12-4-3-5-14(9-12)20-16-7-6-13(17)10-15(16)18/h3-7,9-10,19H,2,8,11H2,1H3. The van der Waals surface area contributed by atoms with Gasteiger partial charge in [0.2, 0.25) is 0 Å². The van der Waals surface area contributed by atoms with Crippen molar-refractivity contribution < 1.29 is 4.74 Å². The third-order valence-electron chi connectivity index (χ3n) is 2.78. The summed E-state index contributed by atoms with van der Waals surface area (Å²) in [6.45, 7) is 3.99. The first-order valence-corrected chi connectivity index (χ1v) is 7.37. The molecule has 0 aliphatic rings. The van der Waals surface area contributed by atoms with Gasteiger partial charge < -0.3 is 10.1 Å². The zero-order valence-corrected chi connectivity index (χ0v) is 12.8. The van der Waals surface area contributed by atoms with E-state index in [0.717, 1.165) is 25.3 Å². The van der Waals surface area contributed by atoms with Gasteiger partial charge >= 0.3 is 0 Å². The second-order valence-corrected chi connectivity index (χ2v) is 5.34. The van der Waals surface area contributed by atoms with Crippen LogP contribution in [0.4, 0.5) is 0 Å². The summed E-state index contributed by atoms with van der Waals surface area (Å²) in [5.41, 5.74) is 1.18. The maximum Gasteiger partial charge on any atom is 0.146 e. The fourth-order valence-electron chi connectivity index (χ4n) is 1.81. The third-order valence-corrected chi connectivity index (χ3v) is 3.31. The molecule has 0 spiro atoms. The van der Waals surface area contributed by atoms with Crippen LogP contribution in [0, 0.1) is 0 Å². The summed E-state index contributed by atoms with van der Waals surface area (Å²) in [5, 5.41) is 4.47. The molecule has 0 radical (unpaired) electrons. The number of hydrogen-bond donors (Lipinski definition) is 1. The van der Waals surface area contributed by atoms with Gasteiger partial charge in [-0.05, 0) is 48.9 Å². The van der Waals surface area contributed by atoms with Gasteiger partial charge in [0.05, 0.1) is 5.02 Å². The number of nitrogens with one attached hydrogen (secondary N) is 1. The molecule has 0 unspecified atom stereocenters. The van der Waals surface area contributed by atoms with Crippen molar-refractivity contribution >= 4 is 23.2 Å². The van der Waals surface area contributed by atoms with Crippen molar-refractivity contribution in [1.29, 1.82) is 0 Å². The molecular formula is C16H17Cl2NO. The van der Waals surface area contributed by atoms with E-state index >= 15 is 0 Å². The highest BCUT2D eigenvalue weighted by atomic mass is 35.5. The van der Waals surface area contributed by atoms with E-state index in [1.54, 1.807) is 18.2 Å². The smallest absolute Gasteiger partial charge is 0.146 e. The van der Waals surface area contributed by atoms with Crippen LogP contribution in [0.2, 0.25) is 10.0 Å². The van der Waals surface area contributed by atoms with Crippen molar-refractivity contribution in [2.75, 3.05) is 6.54 Å². The van der Waals surface area contributed by atoms with Crippen LogP contribution in [0.15, 0.2) is 42.5 Å². The molecule has 0 saturated heterocycles. The molecule has 2 aromatic carbocycles. The van der Waals surface area contributed by atoms with Gasteiger partial charge in [-0.15, -0.1) is 0 Å². The van der Waals surface area contributed by atoms with Gasteiger partial charge in [0.15, 0.2) is 0 Å². The Labute approximate surface area is 129 Å². The maximum absolute atomic E-state index is 6.10. The lowest BCUT2D eigenvalue weighted by molar-refractivity contribution is 0.482. The highest BCUT2D eigenvalue weighted by Crippen LogP contribution is 2.31. The van der Waals surface area contributed by atoms with Gasteiger partial charge in [-0.2, -0.15) is 0 Å². The quantitative estimate of drug-likeness (QED) is 0.732. The average molecular weight is 310 g/mol. The highest BCUT2D eigenvalue weighted by molar-refractivity contribution is 6.35. The second-order valence-electron chi connectivity index (χ2n) is 4.50. The normalized spacial score (nSPS) is 10.6. The van der Waals surface area contributed by atoms with Gasteiger partial charge in [0, 0.05) is 11.6 Å². The minimum Gasteiger partial charge on any atom is -0.456 e. The Balaban J connectivity index is 2.07. The molecule has 20 heavy (non-hydrogen) atoms. The van der Waals surface area contributed by atoms with Gasteiger partial charge in [0.25, 0.3) is 0 Å². The Morgan fingerprint density at radius 2 is 1.95 bits per heavy atom. The molecule has 0 amide bonds. The monoisotopic (exact) mass is 309 g/mol. The van der Waals surface area contributed by atoms with E-state index in [0.29, 0.717) is 15.8 Å². The van der Waals surface area contributed by atoms with E-state index in [1.807, 2.05) is 18.2 Å². The fourth-order valence-corrected chi connectivity index (χ4v) is 2.26. The van der Waals surface area contributed by atoms with Crippen molar-refractivity contribution in [3.05, 3.63) is 58.1 Å². The van der Waals surface area contributed by atoms with Gasteiger partial charge in [0.1, 0.15) is 11.5 Å². The van der Waals surface area contributed by atoms with Crippen LogP contribution in [-0.2, 0) is 6.54 Å². The summed E-state index contributed by atoms with van der Waals surface area (Å²) in [6, 6.07) is 13.2. The van der Waals surface area contributed by atoms with E-state index in [1.165, 1.54) is 5.56 Å². The number of rotatable bonds is 6. The van der Waals surface area contributed by atoms with Gasteiger partial charge in [-0.25, -0.2) is 0 Å². The zero-order valence-electron chi connectivity index (χ0n) is 11.3. The summed E-state index contributed by atoms with van der Waals surface area (Å²) in [4.78, 5) is 0. The third kappa shape index (κ3) is 4.41. The maximum atomic E-state index is 6.10. The van der Waals surface area contributed by atoms with E-state index in [-0.39, 0.29) is 0 Å². The molecule has 0 bridgehead atoms. The van der Waals surface area contributed by atoms with Crippen molar-refractivity contribution in [3.63, 3.8) is 0 Å². The number of hydrogen-bond acceptors (Lipinski definition) is 2. The highest BCUT2D eigenvalue weighted by Gasteiger charge is 2.04. The van der Waals surface area contributed by atoms with Crippen molar-refractivity contribution in [3.8, 4) is 11.5 Å². The predicted molar refractivity (Wildman–Crippen MR) is 85.0 cm³/mol. The summed E-state index contributed by atoms with van der Waals surface area (Å²) in [5.74, 6) is 1.37. The van der Waals surface area contributed by atoms with Crippen molar-refractivity contribution in [1.82, 2.24) is 5.32 Å². The number of ether oxygens (including phenoxy) is 1. The molecule has 106 valence electrons. The Kier molecular flexibility index (Phi) is 5.72. The lowest BCUT2D eigenvalue weighted by atomic mass is 10.2. The molecule has 2 rings (SSSR count). The Hall–Kier alpha value is -1.22. The molecular weight excluding hydrogens is 293 g/mol. The number of halogens is 2. The van der Waals surface area contributed by atoms with E-state index < -0.39 is 0 Å². The van der Waals surface area contributed by atoms with Crippen LogP contribution in [0.3, 0.4) is 0 Å². The first-order valence-electron chi connectivity index (χ1n) is 6.61. The molecule has 4 heteroatoms. The largest absolute Gasteiger partial charge is 0.456 e. The van der Waals surface area contributed by atoms with Crippen LogP contribution < -0.4 is 10.1 Å².